The fraction of sp³-hybridized carbons (Fsp3) is 0.290. The van der Waals surface area contributed by atoms with Gasteiger partial charge in [0.25, 0.3) is 5.91 Å². The molecule has 43 heavy (non-hydrogen) atoms. The van der Waals surface area contributed by atoms with E-state index in [1.807, 2.05) is 13.8 Å². The van der Waals surface area contributed by atoms with E-state index in [0.717, 1.165) is 0 Å². The molecule has 0 saturated heterocycles. The number of carboxylic acid groups (broad SMARTS) is 1. The van der Waals surface area contributed by atoms with E-state index in [2.05, 4.69) is 10.1 Å². The molecule has 9 nitrogen and oxygen atoms in total. The number of aromatic carboxylic acids is 1. The molecule has 1 amide bonds. The van der Waals surface area contributed by atoms with Gasteiger partial charge < -0.3 is 19.5 Å². The van der Waals surface area contributed by atoms with Crippen molar-refractivity contribution in [1.82, 2.24) is 14.8 Å². The number of nitrogens with zero attached hydrogens (tertiary/aromatic N) is 4. The van der Waals surface area contributed by atoms with Gasteiger partial charge in [0.2, 0.25) is 5.88 Å². The fourth-order valence-corrected chi connectivity index (χ4v) is 5.02. The van der Waals surface area contributed by atoms with Crippen LogP contribution in [0.15, 0.2) is 66.9 Å². The minimum absolute atomic E-state index is 0.0363. The smallest absolute Gasteiger partial charge is 0.435 e. The molecule has 224 valence electrons. The van der Waals surface area contributed by atoms with Crippen LogP contribution in [0.5, 0.6) is 11.6 Å². The summed E-state index contributed by atoms with van der Waals surface area (Å²) in [5, 5.41) is 13.2. The molecule has 1 aliphatic carbocycles. The van der Waals surface area contributed by atoms with Crippen LogP contribution in [0.1, 0.15) is 70.5 Å². The van der Waals surface area contributed by atoms with Crippen molar-refractivity contribution < 1.29 is 37.3 Å². The third-order valence-electron chi connectivity index (χ3n) is 6.97. The molecule has 0 fully saturated rings. The summed E-state index contributed by atoms with van der Waals surface area (Å²) in [6.45, 7) is 3.72. The summed E-state index contributed by atoms with van der Waals surface area (Å²) in [7, 11) is 1.58. The van der Waals surface area contributed by atoms with E-state index in [0.29, 0.717) is 30.2 Å². The molecule has 2 heterocycles. The molecular formula is C31H29F3N4O5. The number of halogens is 3. The number of benzene rings is 2. The van der Waals surface area contributed by atoms with E-state index >= 15 is 0 Å². The normalized spacial score (nSPS) is 14.7. The molecule has 0 aliphatic heterocycles. The Bertz CT molecular complexity index is 1650. The van der Waals surface area contributed by atoms with Crippen molar-refractivity contribution in [2.75, 3.05) is 11.9 Å². The molecule has 5 rings (SSSR count). The lowest BCUT2D eigenvalue weighted by Crippen LogP contribution is -2.26. The first-order valence-electron chi connectivity index (χ1n) is 13.6. The van der Waals surface area contributed by atoms with E-state index in [4.69, 9.17) is 9.47 Å². The molecule has 1 atom stereocenters. The third kappa shape index (κ3) is 6.32. The van der Waals surface area contributed by atoms with Crippen LogP contribution in [0.3, 0.4) is 0 Å². The SMILES string of the molecule is CC(C)Oc1cc(N(C)C(=O)c2cccc(-n3nc(C(F)(F)F)c4c3C(Oc3ccc(C(=O)O)cc3)CCC4)c2)ccn1. The molecule has 0 saturated carbocycles. The Hall–Kier alpha value is -4.87. The second-order valence-corrected chi connectivity index (χ2v) is 10.4. The first-order valence-corrected chi connectivity index (χ1v) is 13.6. The average molecular weight is 595 g/mol. The van der Waals surface area contributed by atoms with E-state index < -0.39 is 29.9 Å². The molecule has 1 unspecified atom stereocenters. The highest BCUT2D eigenvalue weighted by molar-refractivity contribution is 6.06. The van der Waals surface area contributed by atoms with Gasteiger partial charge in [0.05, 0.1) is 28.7 Å². The molecule has 2 aromatic heterocycles. The van der Waals surface area contributed by atoms with Crippen LogP contribution >= 0.6 is 0 Å². The van der Waals surface area contributed by atoms with Gasteiger partial charge in [0.1, 0.15) is 11.9 Å². The molecular weight excluding hydrogens is 565 g/mol. The molecule has 12 heteroatoms. The van der Waals surface area contributed by atoms with Crippen LogP contribution in [-0.2, 0) is 12.6 Å². The Morgan fingerprint density at radius 1 is 1.07 bits per heavy atom. The van der Waals surface area contributed by atoms with Crippen LogP contribution in [0.2, 0.25) is 0 Å². The molecule has 0 spiro atoms. The Labute approximate surface area is 245 Å². The average Bonchev–Trinajstić information content (AvgIpc) is 3.38. The van der Waals surface area contributed by atoms with Gasteiger partial charge in [0.15, 0.2) is 5.69 Å². The van der Waals surface area contributed by atoms with Crippen molar-refractivity contribution in [2.24, 2.45) is 0 Å². The van der Waals surface area contributed by atoms with Crippen LogP contribution in [-0.4, -0.2) is 44.9 Å². The minimum atomic E-state index is -4.70. The van der Waals surface area contributed by atoms with Gasteiger partial charge in [-0.25, -0.2) is 14.5 Å². The summed E-state index contributed by atoms with van der Waals surface area (Å²) in [4.78, 5) is 30.3. The lowest BCUT2D eigenvalue weighted by atomic mass is 9.92. The number of carbonyl (C=O) groups is 2. The van der Waals surface area contributed by atoms with Crippen LogP contribution < -0.4 is 14.4 Å². The van der Waals surface area contributed by atoms with Crippen molar-refractivity contribution in [3.05, 3.63) is 94.9 Å². The van der Waals surface area contributed by atoms with Gasteiger partial charge in [-0.3, -0.25) is 4.79 Å². The maximum absolute atomic E-state index is 14.1. The molecule has 1 N–H and O–H groups in total. The van der Waals surface area contributed by atoms with Gasteiger partial charge in [-0.15, -0.1) is 0 Å². The molecule has 1 aliphatic rings. The first-order chi connectivity index (χ1) is 20.4. The summed E-state index contributed by atoms with van der Waals surface area (Å²) in [5.74, 6) is -0.833. The number of aromatic nitrogens is 3. The van der Waals surface area contributed by atoms with Gasteiger partial charge in [-0.2, -0.15) is 18.3 Å². The van der Waals surface area contributed by atoms with E-state index in [1.165, 1.54) is 46.1 Å². The highest BCUT2D eigenvalue weighted by atomic mass is 19.4. The van der Waals surface area contributed by atoms with Gasteiger partial charge in [-0.05, 0) is 81.6 Å². The zero-order valence-corrected chi connectivity index (χ0v) is 23.6. The zero-order valence-electron chi connectivity index (χ0n) is 23.6. The first kappa shape index (κ1) is 29.6. The molecule has 2 aromatic carbocycles. The van der Waals surface area contributed by atoms with Crippen molar-refractivity contribution in [3.8, 4) is 17.3 Å². The van der Waals surface area contributed by atoms with E-state index in [9.17, 15) is 27.9 Å². The summed E-state index contributed by atoms with van der Waals surface area (Å²) < 4.78 is 55.4. The summed E-state index contributed by atoms with van der Waals surface area (Å²) in [6, 6.07) is 15.2. The van der Waals surface area contributed by atoms with Crippen LogP contribution in [0, 0.1) is 0 Å². The maximum atomic E-state index is 14.1. The number of hydrogen-bond donors (Lipinski definition) is 1. The predicted octanol–water partition coefficient (Wildman–Crippen LogP) is 6.50. The second kappa shape index (κ2) is 11.8. The number of rotatable bonds is 8. The van der Waals surface area contributed by atoms with Crippen LogP contribution in [0.25, 0.3) is 5.69 Å². The Morgan fingerprint density at radius 3 is 2.49 bits per heavy atom. The number of carbonyl (C=O) groups excluding carboxylic acids is 1. The van der Waals surface area contributed by atoms with Gasteiger partial charge in [0, 0.05) is 30.4 Å². The Morgan fingerprint density at radius 2 is 1.81 bits per heavy atom. The predicted molar refractivity (Wildman–Crippen MR) is 151 cm³/mol. The second-order valence-electron chi connectivity index (χ2n) is 10.4. The zero-order chi connectivity index (χ0) is 30.9. The summed E-state index contributed by atoms with van der Waals surface area (Å²) >= 11 is 0. The fourth-order valence-electron chi connectivity index (χ4n) is 5.02. The van der Waals surface area contributed by atoms with E-state index in [1.54, 1.807) is 37.4 Å². The maximum Gasteiger partial charge on any atom is 0.435 e. The standard InChI is InChI=1S/C31H29F3N4O5/c1-18(2)42-26-17-21(14-15-35-26)37(3)29(39)20-6-4-7-22(16-20)38-27-24(28(36-38)31(32,33)34)8-5-9-25(27)43-23-12-10-19(11-13-23)30(40)41/h4,6-7,10-18,25H,5,8-9H2,1-3H3,(H,40,41). The number of pyridine rings is 1. The summed E-state index contributed by atoms with van der Waals surface area (Å²) in [6.07, 6.45) is -3.06. The van der Waals surface area contributed by atoms with E-state index in [-0.39, 0.29) is 40.6 Å². The largest absolute Gasteiger partial charge is 0.484 e. The number of amides is 1. The highest BCUT2D eigenvalue weighted by Gasteiger charge is 2.42. The van der Waals surface area contributed by atoms with Crippen LogP contribution in [0.4, 0.5) is 18.9 Å². The van der Waals surface area contributed by atoms with Crippen molar-refractivity contribution in [1.29, 1.82) is 0 Å². The number of carboxylic acids is 1. The van der Waals surface area contributed by atoms with Crippen molar-refractivity contribution in [3.63, 3.8) is 0 Å². The van der Waals surface area contributed by atoms with Gasteiger partial charge in [-0.1, -0.05) is 6.07 Å². The number of alkyl halides is 3. The number of ether oxygens (including phenoxy) is 2. The highest BCUT2D eigenvalue weighted by Crippen LogP contribution is 2.42. The number of fused-ring (bicyclic) bond motifs is 1. The number of hydrogen-bond acceptors (Lipinski definition) is 6. The Kier molecular flexibility index (Phi) is 8.12. The number of anilines is 1. The lowest BCUT2D eigenvalue weighted by Gasteiger charge is -2.26. The van der Waals surface area contributed by atoms with Gasteiger partial charge >= 0.3 is 12.1 Å². The molecule has 4 aromatic rings. The summed E-state index contributed by atoms with van der Waals surface area (Å²) in [5.41, 5.74) is 0.361. The third-order valence-corrected chi connectivity index (χ3v) is 6.97. The minimum Gasteiger partial charge on any atom is -0.484 e. The van der Waals surface area contributed by atoms with Crippen molar-refractivity contribution in [2.45, 2.75) is 51.5 Å². The Balaban J connectivity index is 1.51. The lowest BCUT2D eigenvalue weighted by molar-refractivity contribution is -0.142. The molecule has 0 radical (unpaired) electrons. The quantitative estimate of drug-likeness (QED) is 0.248. The van der Waals surface area contributed by atoms with Crippen molar-refractivity contribution >= 4 is 17.6 Å². The molecule has 0 bridgehead atoms. The topological polar surface area (TPSA) is 107 Å². The monoisotopic (exact) mass is 594 g/mol.